The quantitative estimate of drug-likeness (QED) is 0.403. The average molecular weight is 599 g/mol. The van der Waals surface area contributed by atoms with E-state index in [1.807, 2.05) is 25.1 Å². The molecule has 1 amide bonds. The molecule has 1 saturated carbocycles. The van der Waals surface area contributed by atoms with Crippen molar-refractivity contribution in [1.29, 1.82) is 0 Å². The Morgan fingerprint density at radius 3 is 2.73 bits per heavy atom. The highest BCUT2D eigenvalue weighted by molar-refractivity contribution is 7.90. The van der Waals surface area contributed by atoms with E-state index >= 15 is 0 Å². The van der Waals surface area contributed by atoms with Crippen LogP contribution in [0.25, 0.3) is 0 Å². The summed E-state index contributed by atoms with van der Waals surface area (Å²) in [4.78, 5) is 15.6. The Hall–Kier alpha value is -2.55. The van der Waals surface area contributed by atoms with Crippen LogP contribution in [0.4, 0.5) is 5.69 Å². The van der Waals surface area contributed by atoms with Gasteiger partial charge in [0.25, 0.3) is 5.91 Å². The number of nitrogens with zero attached hydrogens (tertiary/aromatic N) is 1. The molecule has 2 bridgehead atoms. The molecule has 1 fully saturated rings. The van der Waals surface area contributed by atoms with Crippen LogP contribution in [0.3, 0.4) is 0 Å². The van der Waals surface area contributed by atoms with Crippen molar-refractivity contribution in [3.8, 4) is 5.75 Å². The molecule has 7 nitrogen and oxygen atoms in total. The van der Waals surface area contributed by atoms with Crippen molar-refractivity contribution in [2.75, 3.05) is 24.6 Å². The fourth-order valence-electron chi connectivity index (χ4n) is 7.27. The number of ether oxygens (including phenoxy) is 1. The van der Waals surface area contributed by atoms with Gasteiger partial charge in [0.05, 0.1) is 23.6 Å². The first-order chi connectivity index (χ1) is 19.5. The highest BCUT2D eigenvalue weighted by atomic mass is 35.5. The maximum atomic E-state index is 13.3. The topological polar surface area (TPSA) is 95.9 Å². The van der Waals surface area contributed by atoms with Gasteiger partial charge in [0.2, 0.25) is 10.0 Å². The number of aliphatic hydroxyl groups excluding tert-OH is 1. The third-order valence-electron chi connectivity index (χ3n) is 9.77. The van der Waals surface area contributed by atoms with Crippen LogP contribution in [0.2, 0.25) is 5.02 Å². The average Bonchev–Trinajstić information content (AvgIpc) is 3.06. The Morgan fingerprint density at radius 1 is 1.12 bits per heavy atom. The monoisotopic (exact) mass is 598 g/mol. The van der Waals surface area contributed by atoms with Crippen LogP contribution >= 0.6 is 11.6 Å². The third kappa shape index (κ3) is 5.51. The van der Waals surface area contributed by atoms with E-state index in [0.29, 0.717) is 31.9 Å². The molecule has 0 radical (unpaired) electrons. The molecule has 41 heavy (non-hydrogen) atoms. The number of nitrogens with one attached hydrogen (secondary N) is 1. The van der Waals surface area contributed by atoms with Gasteiger partial charge < -0.3 is 14.7 Å². The summed E-state index contributed by atoms with van der Waals surface area (Å²) in [6.07, 6.45) is 8.45. The van der Waals surface area contributed by atoms with E-state index in [2.05, 4.69) is 21.8 Å². The van der Waals surface area contributed by atoms with Gasteiger partial charge >= 0.3 is 0 Å². The summed E-state index contributed by atoms with van der Waals surface area (Å²) in [5, 5.41) is 11.1. The van der Waals surface area contributed by atoms with Gasteiger partial charge in [0.1, 0.15) is 5.75 Å². The Morgan fingerprint density at radius 2 is 1.95 bits per heavy atom. The Kier molecular flexibility index (Phi) is 7.62. The summed E-state index contributed by atoms with van der Waals surface area (Å²) in [6.45, 7) is 5.46. The molecule has 1 spiro atoms. The lowest BCUT2D eigenvalue weighted by Crippen LogP contribution is -2.49. The Labute approximate surface area is 248 Å². The van der Waals surface area contributed by atoms with E-state index in [0.717, 1.165) is 42.8 Å². The van der Waals surface area contributed by atoms with Crippen LogP contribution in [0.1, 0.15) is 67.4 Å². The Balaban J connectivity index is 1.42. The summed E-state index contributed by atoms with van der Waals surface area (Å²) in [7, 11) is -3.89. The summed E-state index contributed by atoms with van der Waals surface area (Å²) < 4.78 is 34.9. The number of hydrogen-bond donors (Lipinski definition) is 2. The molecule has 2 heterocycles. The number of halogens is 1. The van der Waals surface area contributed by atoms with E-state index in [-0.39, 0.29) is 28.7 Å². The molecule has 6 atom stereocenters. The molecular formula is C32H39ClN2O5S. The molecule has 4 aliphatic rings. The minimum atomic E-state index is -3.89. The van der Waals surface area contributed by atoms with Gasteiger partial charge in [-0.05, 0) is 105 Å². The van der Waals surface area contributed by atoms with Crippen molar-refractivity contribution >= 4 is 33.2 Å². The summed E-state index contributed by atoms with van der Waals surface area (Å²) >= 11 is 6.38. The van der Waals surface area contributed by atoms with E-state index in [1.165, 1.54) is 11.1 Å². The number of fused-ring (bicyclic) bond motifs is 4. The van der Waals surface area contributed by atoms with Crippen LogP contribution in [-0.2, 0) is 21.9 Å². The van der Waals surface area contributed by atoms with Crippen molar-refractivity contribution in [3.05, 3.63) is 70.3 Å². The van der Waals surface area contributed by atoms with Crippen LogP contribution in [-0.4, -0.2) is 50.5 Å². The molecule has 0 aromatic heterocycles. The van der Waals surface area contributed by atoms with Crippen LogP contribution in [0.5, 0.6) is 5.75 Å². The van der Waals surface area contributed by atoms with E-state index in [1.54, 1.807) is 25.1 Å². The molecule has 0 unspecified atom stereocenters. The lowest BCUT2D eigenvalue weighted by Gasteiger charge is -2.45. The van der Waals surface area contributed by atoms with E-state index < -0.39 is 27.3 Å². The highest BCUT2D eigenvalue weighted by Gasteiger charge is 2.44. The maximum Gasteiger partial charge on any atom is 0.264 e. The number of hydrogen-bond acceptors (Lipinski definition) is 6. The summed E-state index contributed by atoms with van der Waals surface area (Å²) in [5.41, 5.74) is 3.33. The number of carbonyl (C=O) groups is 1. The number of allylic oxidation sites excluding steroid dienone is 1. The molecule has 2 aliphatic carbocycles. The number of sulfonamides is 1. The number of anilines is 1. The largest absolute Gasteiger partial charge is 0.490 e. The first kappa shape index (κ1) is 28.6. The van der Waals surface area contributed by atoms with Crippen molar-refractivity contribution in [1.82, 2.24) is 4.72 Å². The second-order valence-electron chi connectivity index (χ2n) is 12.7. The van der Waals surface area contributed by atoms with Gasteiger partial charge in [-0.3, -0.25) is 4.79 Å². The van der Waals surface area contributed by atoms with Crippen molar-refractivity contribution < 1.29 is 23.1 Å². The number of rotatable bonds is 0. The smallest absolute Gasteiger partial charge is 0.264 e. The van der Waals surface area contributed by atoms with Gasteiger partial charge in [-0.25, -0.2) is 13.1 Å². The molecule has 2 aliphatic heterocycles. The molecule has 220 valence electrons. The minimum absolute atomic E-state index is 0.0638. The molecule has 6 rings (SSSR count). The number of carbonyl (C=O) groups excluding carboxylic acids is 1. The second kappa shape index (κ2) is 10.9. The van der Waals surface area contributed by atoms with E-state index in [4.69, 9.17) is 16.3 Å². The highest BCUT2D eigenvalue weighted by Crippen LogP contribution is 2.46. The second-order valence-corrected chi connectivity index (χ2v) is 15.2. The molecule has 2 N–H and O–H groups in total. The standard InChI is InChI=1S/C32H39ClN2O5S/c1-20-5-11-29(36)26-9-6-24(26)17-35-18-32(13-3-4-22-15-25(33)8-10-27(22)32)19-40-30-12-7-23(16-28(30)35)31(37)34-41(38,39)21(2)14-20/h5,7-8,10-12,15-16,20-21,24,26,29,36H,3-4,6,9,13-14,17-19H2,1-2H3,(H,34,37)/b11-5+/t20-,21+,24+,26-,29+,32+/m1/s1. The summed E-state index contributed by atoms with van der Waals surface area (Å²) in [6, 6.07) is 11.4. The SMILES string of the molecule is C[C@@H]1/C=C/[C@H](O)[C@@H]2CC[C@H]2CN2C[C@@]3(CCCc4cc(Cl)ccc43)COc3ccc(cc32)C(=O)NS(=O)(=O)[C@@H](C)C1. The minimum Gasteiger partial charge on any atom is -0.490 e. The fraction of sp³-hybridized carbons (Fsp3) is 0.531. The molecule has 9 heteroatoms. The van der Waals surface area contributed by atoms with Gasteiger partial charge in [-0.2, -0.15) is 0 Å². The van der Waals surface area contributed by atoms with Crippen molar-refractivity contribution in [2.24, 2.45) is 17.8 Å². The van der Waals surface area contributed by atoms with Crippen molar-refractivity contribution in [2.45, 2.75) is 69.1 Å². The molecule has 2 aromatic rings. The lowest BCUT2D eigenvalue weighted by molar-refractivity contribution is 0.0454. The number of amides is 1. The van der Waals surface area contributed by atoms with Crippen LogP contribution in [0.15, 0.2) is 48.6 Å². The van der Waals surface area contributed by atoms with Gasteiger partial charge in [-0.15, -0.1) is 0 Å². The van der Waals surface area contributed by atoms with Crippen LogP contribution < -0.4 is 14.4 Å². The fourth-order valence-corrected chi connectivity index (χ4v) is 8.60. The number of benzene rings is 2. The first-order valence-corrected chi connectivity index (χ1v) is 16.7. The van der Waals surface area contributed by atoms with Gasteiger partial charge in [0.15, 0.2) is 0 Å². The molecule has 0 saturated heterocycles. The lowest BCUT2D eigenvalue weighted by atomic mass is 9.68. The predicted octanol–water partition coefficient (Wildman–Crippen LogP) is 5.24. The summed E-state index contributed by atoms with van der Waals surface area (Å²) in [5.74, 6) is 0.391. The van der Waals surface area contributed by atoms with Gasteiger partial charge in [0, 0.05) is 29.1 Å². The van der Waals surface area contributed by atoms with Gasteiger partial charge in [-0.1, -0.05) is 36.7 Å². The maximum absolute atomic E-state index is 13.3. The Bertz CT molecular complexity index is 1480. The van der Waals surface area contributed by atoms with Crippen LogP contribution in [0, 0.1) is 17.8 Å². The molecular weight excluding hydrogens is 560 g/mol. The third-order valence-corrected chi connectivity index (χ3v) is 11.7. The van der Waals surface area contributed by atoms with E-state index in [9.17, 15) is 18.3 Å². The predicted molar refractivity (Wildman–Crippen MR) is 161 cm³/mol. The molecule has 2 aromatic carbocycles. The number of aliphatic hydroxyl groups is 1. The normalized spacial score (nSPS) is 33.8. The van der Waals surface area contributed by atoms with Crippen molar-refractivity contribution in [3.63, 3.8) is 0 Å². The zero-order chi connectivity index (χ0) is 28.9. The zero-order valence-corrected chi connectivity index (χ0v) is 25.3. The zero-order valence-electron chi connectivity index (χ0n) is 23.7. The first-order valence-electron chi connectivity index (χ1n) is 14.8. The number of aryl methyl sites for hydroxylation is 1.